The molecule has 0 amide bonds. The SMILES string of the molecule is C=CC1CN2CCC1CC2C(O)c1ccnc2ccc(OC)cc12.[Ti]. The Morgan fingerprint density at radius 1 is 1.40 bits per heavy atom. The Morgan fingerprint density at radius 2 is 2.24 bits per heavy atom. The molecule has 0 spiro atoms. The molecule has 1 N–H and O–H groups in total. The molecule has 5 unspecified atom stereocenters. The van der Waals surface area contributed by atoms with Crippen LogP contribution in [-0.4, -0.2) is 41.2 Å². The summed E-state index contributed by atoms with van der Waals surface area (Å²) in [7, 11) is 1.66. The van der Waals surface area contributed by atoms with Gasteiger partial charge in [-0.25, -0.2) is 0 Å². The molecule has 3 saturated heterocycles. The number of nitrogens with zero attached hydrogens (tertiary/aromatic N) is 2. The third-order valence-corrected chi connectivity index (χ3v) is 5.82. The van der Waals surface area contributed by atoms with Gasteiger partial charge in [-0.1, -0.05) is 6.08 Å². The van der Waals surface area contributed by atoms with Crippen molar-refractivity contribution in [2.24, 2.45) is 11.8 Å². The zero-order chi connectivity index (χ0) is 16.7. The van der Waals surface area contributed by atoms with Crippen LogP contribution in [0.1, 0.15) is 24.5 Å². The fourth-order valence-electron chi connectivity index (χ4n) is 4.44. The minimum Gasteiger partial charge on any atom is -0.497 e. The Labute approximate surface area is 163 Å². The maximum atomic E-state index is 11.2. The topological polar surface area (TPSA) is 45.6 Å². The number of piperidine rings is 3. The van der Waals surface area contributed by atoms with E-state index in [0.717, 1.165) is 41.7 Å². The molecule has 4 heterocycles. The summed E-state index contributed by atoms with van der Waals surface area (Å²) >= 11 is 0. The number of aliphatic hydroxyl groups excluding tert-OH is 1. The normalized spacial score (nSPS) is 29.0. The molecule has 0 radical (unpaired) electrons. The largest absolute Gasteiger partial charge is 0.497 e. The average Bonchev–Trinajstić information content (AvgIpc) is 2.66. The predicted octanol–water partition coefficient (Wildman–Crippen LogP) is 3.17. The van der Waals surface area contributed by atoms with E-state index in [1.54, 1.807) is 13.3 Å². The Morgan fingerprint density at radius 3 is 2.92 bits per heavy atom. The van der Waals surface area contributed by atoms with Crippen LogP contribution in [0.15, 0.2) is 43.1 Å². The number of methoxy groups -OCH3 is 1. The molecule has 3 aliphatic rings. The zero-order valence-electron chi connectivity index (χ0n) is 14.6. The molecule has 130 valence electrons. The average molecular weight is 372 g/mol. The van der Waals surface area contributed by atoms with Gasteiger partial charge in [0.25, 0.3) is 0 Å². The summed E-state index contributed by atoms with van der Waals surface area (Å²) in [5.74, 6) is 2.01. The second-order valence-electron chi connectivity index (χ2n) is 6.97. The molecule has 25 heavy (non-hydrogen) atoms. The van der Waals surface area contributed by atoms with E-state index in [1.165, 1.54) is 6.42 Å². The molecule has 3 fully saturated rings. The number of hydrogen-bond donors (Lipinski definition) is 1. The van der Waals surface area contributed by atoms with E-state index in [-0.39, 0.29) is 27.8 Å². The first-order valence-corrected chi connectivity index (χ1v) is 8.68. The molecule has 2 aromatic rings. The van der Waals surface area contributed by atoms with Gasteiger partial charge >= 0.3 is 0 Å². The smallest absolute Gasteiger partial charge is 0.119 e. The van der Waals surface area contributed by atoms with Crippen molar-refractivity contribution in [3.8, 4) is 5.75 Å². The predicted molar refractivity (Wildman–Crippen MR) is 95.0 cm³/mol. The van der Waals surface area contributed by atoms with Crippen LogP contribution in [0.4, 0.5) is 0 Å². The van der Waals surface area contributed by atoms with Crippen molar-refractivity contribution in [3.05, 3.63) is 48.7 Å². The van der Waals surface area contributed by atoms with Crippen molar-refractivity contribution in [2.45, 2.75) is 25.0 Å². The van der Waals surface area contributed by atoms with Crippen LogP contribution < -0.4 is 4.74 Å². The molecule has 1 aromatic carbocycles. The van der Waals surface area contributed by atoms with Gasteiger partial charge < -0.3 is 9.84 Å². The van der Waals surface area contributed by atoms with E-state index >= 15 is 0 Å². The van der Waals surface area contributed by atoms with Crippen LogP contribution in [0.5, 0.6) is 5.75 Å². The monoisotopic (exact) mass is 372 g/mol. The van der Waals surface area contributed by atoms with E-state index in [9.17, 15) is 5.11 Å². The van der Waals surface area contributed by atoms with Crippen LogP contribution in [0.2, 0.25) is 0 Å². The number of rotatable bonds is 4. The summed E-state index contributed by atoms with van der Waals surface area (Å²) in [6, 6.07) is 7.96. The summed E-state index contributed by atoms with van der Waals surface area (Å²) < 4.78 is 5.35. The first kappa shape index (κ1) is 18.6. The van der Waals surface area contributed by atoms with Gasteiger partial charge in [0.1, 0.15) is 5.75 Å². The molecule has 0 saturated carbocycles. The maximum absolute atomic E-state index is 11.2. The van der Waals surface area contributed by atoms with E-state index in [0.29, 0.717) is 11.8 Å². The van der Waals surface area contributed by atoms with Gasteiger partial charge in [0.2, 0.25) is 0 Å². The fourth-order valence-corrected chi connectivity index (χ4v) is 4.44. The van der Waals surface area contributed by atoms with Gasteiger partial charge in [-0.05, 0) is 61.1 Å². The third-order valence-electron chi connectivity index (χ3n) is 5.82. The van der Waals surface area contributed by atoms with Crippen LogP contribution in [0.25, 0.3) is 10.9 Å². The summed E-state index contributed by atoms with van der Waals surface area (Å²) in [5, 5.41) is 12.1. The van der Waals surface area contributed by atoms with Crippen LogP contribution in [0, 0.1) is 11.8 Å². The van der Waals surface area contributed by atoms with Crippen molar-refractivity contribution in [1.82, 2.24) is 9.88 Å². The van der Waals surface area contributed by atoms with E-state index in [4.69, 9.17) is 4.74 Å². The van der Waals surface area contributed by atoms with Gasteiger partial charge in [-0.15, -0.1) is 6.58 Å². The van der Waals surface area contributed by atoms with Crippen molar-refractivity contribution < 1.29 is 31.6 Å². The Hall–Kier alpha value is -1.20. The molecular weight excluding hydrogens is 348 g/mol. The number of pyridine rings is 1. The number of aliphatic hydroxyl groups is 1. The van der Waals surface area contributed by atoms with Gasteiger partial charge in [-0.2, -0.15) is 0 Å². The molecule has 3 aliphatic heterocycles. The maximum Gasteiger partial charge on any atom is 0.119 e. The number of ether oxygens (including phenoxy) is 1. The fraction of sp³-hybridized carbons (Fsp3) is 0.450. The first-order valence-electron chi connectivity index (χ1n) is 8.68. The summed E-state index contributed by atoms with van der Waals surface area (Å²) in [6.45, 7) is 6.07. The Balaban J connectivity index is 0.00000182. The number of benzene rings is 1. The quantitative estimate of drug-likeness (QED) is 0.662. The van der Waals surface area contributed by atoms with Gasteiger partial charge in [0.15, 0.2) is 0 Å². The first-order chi connectivity index (χ1) is 11.7. The molecule has 1 aromatic heterocycles. The van der Waals surface area contributed by atoms with Crippen molar-refractivity contribution in [2.75, 3.05) is 20.2 Å². The van der Waals surface area contributed by atoms with Crippen LogP contribution in [-0.2, 0) is 21.7 Å². The Bertz CT molecular complexity index is 766. The summed E-state index contributed by atoms with van der Waals surface area (Å²) in [6.07, 6.45) is 5.62. The van der Waals surface area contributed by atoms with Crippen molar-refractivity contribution >= 4 is 10.9 Å². The molecular formula is C20H24N2O2Ti. The minimum absolute atomic E-state index is 0. The van der Waals surface area contributed by atoms with Gasteiger partial charge in [0, 0.05) is 45.9 Å². The van der Waals surface area contributed by atoms with Crippen LogP contribution >= 0.6 is 0 Å². The molecule has 5 atom stereocenters. The van der Waals surface area contributed by atoms with Crippen LogP contribution in [0.3, 0.4) is 0 Å². The van der Waals surface area contributed by atoms with E-state index < -0.39 is 6.10 Å². The second-order valence-corrected chi connectivity index (χ2v) is 6.97. The Kier molecular flexibility index (Phi) is 5.64. The molecule has 4 nitrogen and oxygen atoms in total. The molecule has 0 aliphatic carbocycles. The minimum atomic E-state index is -0.504. The number of fused-ring (bicyclic) bond motifs is 4. The van der Waals surface area contributed by atoms with Gasteiger partial charge in [-0.3, -0.25) is 9.88 Å². The van der Waals surface area contributed by atoms with Crippen molar-refractivity contribution in [3.63, 3.8) is 0 Å². The van der Waals surface area contributed by atoms with E-state index in [2.05, 4.69) is 22.5 Å². The van der Waals surface area contributed by atoms with Crippen molar-refractivity contribution in [1.29, 1.82) is 0 Å². The zero-order valence-corrected chi connectivity index (χ0v) is 16.1. The molecule has 5 heteroatoms. The van der Waals surface area contributed by atoms with Gasteiger partial charge in [0.05, 0.1) is 18.7 Å². The second kappa shape index (κ2) is 7.59. The molecule has 5 rings (SSSR count). The summed E-state index contributed by atoms with van der Waals surface area (Å²) in [4.78, 5) is 6.86. The summed E-state index contributed by atoms with van der Waals surface area (Å²) in [5.41, 5.74) is 1.85. The number of aromatic nitrogens is 1. The molecule has 2 bridgehead atoms. The van der Waals surface area contributed by atoms with E-state index in [1.807, 2.05) is 24.3 Å². The third kappa shape index (κ3) is 3.29. The standard InChI is InChI=1S/C20H24N2O2.Ti/c1-3-13-12-22-9-7-14(13)10-19(22)20(23)16-6-8-21-18-5-4-15(24-2)11-17(16)18;/h3-6,8,11,13-14,19-20,23H,1,7,9-10,12H2,2H3;. The number of hydrogen-bond acceptors (Lipinski definition) is 4.